The third-order valence-electron chi connectivity index (χ3n) is 13.9. The van der Waals surface area contributed by atoms with E-state index in [2.05, 4.69) is 0 Å². The largest absolute Gasteiger partial charge is 0.469 e. The van der Waals surface area contributed by atoms with Crippen molar-refractivity contribution in [2.75, 3.05) is 27.4 Å². The molecule has 2 bridgehead atoms. The summed E-state index contributed by atoms with van der Waals surface area (Å²) in [6.45, 7) is 6.99. The monoisotopic (exact) mass is 708 g/mol. The standard InChI is InChI=1S/C34H44O16/c1-14(2)23(37)48-17-11-18(47-15(3)35)31(25(38)42-6)12-45-20-21(31)30(17)13-46-33(41,26(39)43-7)24(30)28(4,22(20)36)34-19-10-16(29(34,5)50-34)32(40)8-9-44-27(32)49-19/h8-9,14,16-22,24,27,36,40-41H,10-13H2,1-7H3. The van der Waals surface area contributed by atoms with Gasteiger partial charge in [0.1, 0.15) is 28.8 Å². The Kier molecular flexibility index (Phi) is 6.97. The Bertz CT molecular complexity index is 1580. The number of ether oxygens (including phenoxy) is 9. The fourth-order valence-electron chi connectivity index (χ4n) is 12.1. The van der Waals surface area contributed by atoms with E-state index in [1.165, 1.54) is 26.4 Å². The summed E-state index contributed by atoms with van der Waals surface area (Å²) < 4.78 is 53.9. The second kappa shape index (κ2) is 10.2. The number of fused-ring (bicyclic) bond motifs is 7. The predicted octanol–water partition coefficient (Wildman–Crippen LogP) is -0.513. The lowest BCUT2D eigenvalue weighted by atomic mass is 9.37. The van der Waals surface area contributed by atoms with Crippen molar-refractivity contribution in [1.29, 1.82) is 0 Å². The maximum Gasteiger partial charge on any atom is 0.366 e. The summed E-state index contributed by atoms with van der Waals surface area (Å²) in [5, 5.41) is 37.4. The molecule has 0 amide bonds. The van der Waals surface area contributed by atoms with Crippen molar-refractivity contribution in [2.45, 2.75) is 107 Å². The van der Waals surface area contributed by atoms with Crippen LogP contribution in [0.5, 0.6) is 0 Å². The van der Waals surface area contributed by atoms with Crippen molar-refractivity contribution >= 4 is 23.9 Å². The SMILES string of the molecule is COC(=O)C1(O)OCC23C(OC(=O)C(C)C)CC(OC(C)=O)C4(C(=O)OC)COC(C42)C(O)C(C)(C24OC2(C)C2CC4OC4OC=CC42O)C13. The van der Waals surface area contributed by atoms with Gasteiger partial charge >= 0.3 is 23.9 Å². The van der Waals surface area contributed by atoms with E-state index in [0.717, 1.165) is 7.11 Å². The molecule has 7 fully saturated rings. The van der Waals surface area contributed by atoms with Crippen molar-refractivity contribution < 1.29 is 77.1 Å². The number of aliphatic hydroxyl groups is 3. The molecule has 276 valence electrons. The minimum absolute atomic E-state index is 0.262. The minimum atomic E-state index is -2.81. The maximum atomic E-state index is 14.1. The molecule has 1 spiro atoms. The number of hydrogen-bond acceptors (Lipinski definition) is 16. The smallest absolute Gasteiger partial charge is 0.366 e. The summed E-state index contributed by atoms with van der Waals surface area (Å²) >= 11 is 0. The van der Waals surface area contributed by atoms with Crippen molar-refractivity contribution in [1.82, 2.24) is 0 Å². The quantitative estimate of drug-likeness (QED) is 0.180. The van der Waals surface area contributed by atoms with Gasteiger partial charge in [-0.2, -0.15) is 0 Å². The number of epoxide rings is 1. The molecule has 8 aliphatic rings. The molecule has 5 heterocycles. The average Bonchev–Trinajstić information content (AvgIpc) is 3.44. The molecule has 50 heavy (non-hydrogen) atoms. The van der Waals surface area contributed by atoms with Crippen LogP contribution in [0.25, 0.3) is 0 Å². The molecule has 4 saturated heterocycles. The number of carbonyl (C=O) groups excluding carboxylic acids is 4. The number of methoxy groups -OCH3 is 2. The normalized spacial score (nSPS) is 54.5. The lowest BCUT2D eigenvalue weighted by molar-refractivity contribution is -0.315. The molecule has 16 atom stereocenters. The van der Waals surface area contributed by atoms with Crippen molar-refractivity contribution in [3.8, 4) is 0 Å². The first kappa shape index (κ1) is 34.2. The van der Waals surface area contributed by atoms with Gasteiger partial charge in [0.05, 0.1) is 57.9 Å². The van der Waals surface area contributed by atoms with Gasteiger partial charge in [-0.1, -0.05) is 20.8 Å². The van der Waals surface area contributed by atoms with Crippen LogP contribution in [0.1, 0.15) is 47.5 Å². The van der Waals surface area contributed by atoms with Crippen LogP contribution in [0.3, 0.4) is 0 Å². The summed E-state index contributed by atoms with van der Waals surface area (Å²) in [7, 11) is 2.24. The van der Waals surface area contributed by atoms with Crippen LogP contribution in [0.2, 0.25) is 0 Å². The predicted molar refractivity (Wildman–Crippen MR) is 160 cm³/mol. The van der Waals surface area contributed by atoms with Crippen LogP contribution in [-0.4, -0.2) is 126 Å². The summed E-state index contributed by atoms with van der Waals surface area (Å²) in [6, 6.07) is 0. The highest BCUT2D eigenvalue weighted by Gasteiger charge is 2.97. The molecule has 0 aromatic heterocycles. The summed E-state index contributed by atoms with van der Waals surface area (Å²) in [6.07, 6.45) is -4.52. The van der Waals surface area contributed by atoms with Gasteiger partial charge in [-0.3, -0.25) is 14.4 Å². The van der Waals surface area contributed by atoms with Gasteiger partial charge in [0.25, 0.3) is 5.79 Å². The Morgan fingerprint density at radius 1 is 0.960 bits per heavy atom. The van der Waals surface area contributed by atoms with Gasteiger partial charge in [-0.15, -0.1) is 0 Å². The van der Waals surface area contributed by atoms with E-state index >= 15 is 0 Å². The van der Waals surface area contributed by atoms with E-state index in [9.17, 15) is 34.5 Å². The highest BCUT2D eigenvalue weighted by molar-refractivity contribution is 5.82. The fraction of sp³-hybridized carbons (Fsp3) is 0.824. The van der Waals surface area contributed by atoms with E-state index in [-0.39, 0.29) is 19.4 Å². The Labute approximate surface area is 287 Å². The lowest BCUT2D eigenvalue weighted by Gasteiger charge is -2.65. The molecule has 3 N–H and O–H groups in total. The van der Waals surface area contributed by atoms with E-state index in [1.807, 2.05) is 0 Å². The molecule has 8 rings (SSSR count). The molecule has 5 aliphatic heterocycles. The molecule has 0 aromatic rings. The molecule has 16 nitrogen and oxygen atoms in total. The van der Waals surface area contributed by atoms with Crippen molar-refractivity contribution in [2.24, 2.45) is 39.9 Å². The first-order valence-electron chi connectivity index (χ1n) is 17.0. The Hall–Kier alpha value is -2.86. The van der Waals surface area contributed by atoms with Gasteiger partial charge in [0, 0.05) is 41.9 Å². The van der Waals surface area contributed by atoms with Crippen LogP contribution in [-0.2, 0) is 61.8 Å². The summed E-state index contributed by atoms with van der Waals surface area (Å²) in [4.78, 5) is 54.1. The van der Waals surface area contributed by atoms with Crippen LogP contribution < -0.4 is 0 Å². The van der Waals surface area contributed by atoms with Crippen LogP contribution in [0, 0.1) is 39.9 Å². The average molecular weight is 709 g/mol. The van der Waals surface area contributed by atoms with Crippen LogP contribution in [0.4, 0.5) is 0 Å². The molecule has 3 saturated carbocycles. The number of carbonyl (C=O) groups is 4. The lowest BCUT2D eigenvalue weighted by Crippen LogP contribution is -2.79. The van der Waals surface area contributed by atoms with E-state index in [1.54, 1.807) is 27.7 Å². The number of rotatable bonds is 6. The topological polar surface area (TPSA) is 215 Å². The third-order valence-corrected chi connectivity index (χ3v) is 13.9. The van der Waals surface area contributed by atoms with E-state index in [4.69, 9.17) is 42.6 Å². The second-order valence-electron chi connectivity index (χ2n) is 16.0. The first-order chi connectivity index (χ1) is 23.4. The zero-order valence-electron chi connectivity index (χ0n) is 28.9. The van der Waals surface area contributed by atoms with Crippen molar-refractivity contribution in [3.63, 3.8) is 0 Å². The van der Waals surface area contributed by atoms with Crippen LogP contribution >= 0.6 is 0 Å². The molecule has 0 radical (unpaired) electrons. The summed E-state index contributed by atoms with van der Waals surface area (Å²) in [5.41, 5.74) is -9.61. The highest BCUT2D eigenvalue weighted by atomic mass is 16.7. The zero-order valence-corrected chi connectivity index (χ0v) is 28.9. The van der Waals surface area contributed by atoms with E-state index < -0.39 is 130 Å². The zero-order chi connectivity index (χ0) is 36.2. The van der Waals surface area contributed by atoms with Gasteiger partial charge in [-0.05, 0) is 19.4 Å². The molecular weight excluding hydrogens is 664 g/mol. The van der Waals surface area contributed by atoms with Crippen LogP contribution in [0.15, 0.2) is 12.3 Å². The van der Waals surface area contributed by atoms with Gasteiger partial charge in [-0.25, -0.2) is 4.79 Å². The molecule has 3 aliphatic carbocycles. The Morgan fingerprint density at radius 2 is 1.66 bits per heavy atom. The molecule has 16 unspecified atom stereocenters. The number of hydrogen-bond donors (Lipinski definition) is 3. The Balaban J connectivity index is 1.40. The highest BCUT2D eigenvalue weighted by Crippen LogP contribution is 2.83. The second-order valence-corrected chi connectivity index (χ2v) is 16.0. The van der Waals surface area contributed by atoms with Gasteiger partial charge < -0.3 is 58.0 Å². The maximum absolute atomic E-state index is 14.1. The van der Waals surface area contributed by atoms with E-state index in [0.29, 0.717) is 0 Å². The fourth-order valence-corrected chi connectivity index (χ4v) is 12.1. The molecule has 0 aromatic carbocycles. The van der Waals surface area contributed by atoms with Gasteiger partial charge in [0.2, 0.25) is 6.29 Å². The number of aliphatic hydroxyl groups excluding tert-OH is 1. The molecular formula is C34H44O16. The summed E-state index contributed by atoms with van der Waals surface area (Å²) in [5.74, 6) is -10.2. The first-order valence-corrected chi connectivity index (χ1v) is 17.0. The molecule has 16 heteroatoms. The third kappa shape index (κ3) is 3.47. The van der Waals surface area contributed by atoms with Gasteiger partial charge in [0.15, 0.2) is 5.60 Å². The number of esters is 4. The van der Waals surface area contributed by atoms with Crippen molar-refractivity contribution in [3.05, 3.63) is 12.3 Å². The Morgan fingerprint density at radius 3 is 2.30 bits per heavy atom. The minimum Gasteiger partial charge on any atom is -0.469 e.